The van der Waals surface area contributed by atoms with Crippen LogP contribution < -0.4 is 0 Å². The molecule has 4 fully saturated rings. The number of hydrogen-bond donors (Lipinski definition) is 1. The highest BCUT2D eigenvalue weighted by Crippen LogP contribution is 2.44. The first-order valence-corrected chi connectivity index (χ1v) is 18.8. The van der Waals surface area contributed by atoms with Gasteiger partial charge < -0.3 is 14.8 Å². The lowest BCUT2D eigenvalue weighted by Gasteiger charge is -2.35. The summed E-state index contributed by atoms with van der Waals surface area (Å²) in [6, 6.07) is 9.34. The van der Waals surface area contributed by atoms with Crippen molar-refractivity contribution in [3.8, 4) is 11.3 Å². The standard InChI is InChI=1S/C36H46N4O3S2/c1-22-17-23(2)19-25(18-22)32-31(29(41)21-38-11-9-24(10-12-38)34(42)39-13-15-44-16-14-39)28-20-30(45-33(28)37-32)36(3,4)35(43)40-26-5-6-27(40)8-7-26/h17-20,24,26-27,37H,5-16,21H2,1-4H3. The van der Waals surface area contributed by atoms with Gasteiger partial charge in [-0.05, 0) is 103 Å². The van der Waals surface area contributed by atoms with Gasteiger partial charge in [0.05, 0.1) is 23.2 Å². The summed E-state index contributed by atoms with van der Waals surface area (Å²) in [5.41, 5.74) is 4.28. The van der Waals surface area contributed by atoms with Gasteiger partial charge in [0.25, 0.3) is 0 Å². The SMILES string of the molecule is Cc1cc(C)cc(-c2[nH]c3sc(C(C)(C)C(=O)N4C5CCC4CC5)cc3c2C(=O)CN2CCC(C(=O)N3CCSCC3)CC2)c1. The lowest BCUT2D eigenvalue weighted by Crippen LogP contribution is -2.46. The second kappa shape index (κ2) is 12.2. The fourth-order valence-electron chi connectivity index (χ4n) is 8.25. The predicted molar refractivity (Wildman–Crippen MR) is 184 cm³/mol. The van der Waals surface area contributed by atoms with Crippen molar-refractivity contribution in [3.63, 3.8) is 0 Å². The predicted octanol–water partition coefficient (Wildman–Crippen LogP) is 6.41. The fraction of sp³-hybridized carbons (Fsp3) is 0.583. The first kappa shape index (κ1) is 31.0. The van der Waals surface area contributed by atoms with Crippen LogP contribution in [-0.4, -0.2) is 93.6 Å². The number of likely N-dealkylation sites (tertiary alicyclic amines) is 1. The van der Waals surface area contributed by atoms with Crippen LogP contribution in [0.15, 0.2) is 24.3 Å². The normalized spacial score (nSPS) is 22.9. The van der Waals surface area contributed by atoms with E-state index in [2.05, 4.69) is 66.7 Å². The molecule has 7 nitrogen and oxygen atoms in total. The van der Waals surface area contributed by atoms with Crippen molar-refractivity contribution in [1.82, 2.24) is 19.7 Å². The molecule has 6 heterocycles. The average Bonchev–Trinajstić information content (AvgIpc) is 3.81. The summed E-state index contributed by atoms with van der Waals surface area (Å²) in [5, 5.41) is 0.924. The lowest BCUT2D eigenvalue weighted by molar-refractivity contribution is -0.137. The Morgan fingerprint density at radius 3 is 2.11 bits per heavy atom. The number of piperidine rings is 1. The summed E-state index contributed by atoms with van der Waals surface area (Å²) in [5.74, 6) is 2.74. The number of amides is 2. The molecule has 240 valence electrons. The van der Waals surface area contributed by atoms with Crippen LogP contribution in [0.5, 0.6) is 0 Å². The van der Waals surface area contributed by atoms with Gasteiger partial charge in [0, 0.05) is 52.9 Å². The summed E-state index contributed by atoms with van der Waals surface area (Å²) in [6.45, 7) is 11.9. The van der Waals surface area contributed by atoms with Crippen LogP contribution in [0.25, 0.3) is 21.5 Å². The first-order chi connectivity index (χ1) is 21.6. The molecule has 0 saturated carbocycles. The molecule has 3 aromatic rings. The number of rotatable bonds is 7. The number of benzene rings is 1. The van der Waals surface area contributed by atoms with Crippen molar-refractivity contribution in [2.24, 2.45) is 5.92 Å². The highest BCUT2D eigenvalue weighted by atomic mass is 32.2. The summed E-state index contributed by atoms with van der Waals surface area (Å²) in [6.07, 6.45) is 6.10. The summed E-state index contributed by atoms with van der Waals surface area (Å²) >= 11 is 3.54. The van der Waals surface area contributed by atoms with E-state index in [1.165, 1.54) is 0 Å². The average molecular weight is 647 g/mol. The van der Waals surface area contributed by atoms with Gasteiger partial charge in [-0.25, -0.2) is 0 Å². The molecule has 4 aliphatic heterocycles. The largest absolute Gasteiger partial charge is 0.346 e. The number of nitrogens with one attached hydrogen (secondary N) is 1. The number of thioether (sulfide) groups is 1. The number of aromatic amines is 1. The number of nitrogens with zero attached hydrogens (tertiary/aromatic N) is 3. The van der Waals surface area contributed by atoms with Crippen molar-refractivity contribution in [3.05, 3.63) is 45.8 Å². The zero-order chi connectivity index (χ0) is 31.5. The van der Waals surface area contributed by atoms with Crippen molar-refractivity contribution >= 4 is 50.9 Å². The molecule has 4 saturated heterocycles. The van der Waals surface area contributed by atoms with Crippen LogP contribution in [0.2, 0.25) is 0 Å². The molecular weight excluding hydrogens is 601 g/mol. The Morgan fingerprint density at radius 2 is 1.49 bits per heavy atom. The number of aromatic nitrogens is 1. The lowest BCUT2D eigenvalue weighted by atomic mass is 9.88. The molecular formula is C36H46N4O3S2. The minimum atomic E-state index is -0.655. The van der Waals surface area contributed by atoms with Crippen molar-refractivity contribution in [1.29, 1.82) is 0 Å². The molecule has 0 spiro atoms. The minimum absolute atomic E-state index is 0.0642. The van der Waals surface area contributed by atoms with E-state index in [0.717, 1.165) is 119 Å². The second-order valence-electron chi connectivity index (χ2n) is 14.3. The quantitative estimate of drug-likeness (QED) is 0.300. The summed E-state index contributed by atoms with van der Waals surface area (Å²) < 4.78 is 0. The Morgan fingerprint density at radius 1 is 0.867 bits per heavy atom. The van der Waals surface area contributed by atoms with E-state index < -0.39 is 5.41 Å². The Labute approximate surface area is 275 Å². The highest BCUT2D eigenvalue weighted by Gasteiger charge is 2.47. The highest BCUT2D eigenvalue weighted by molar-refractivity contribution is 7.99. The number of H-pyrrole nitrogens is 1. The third kappa shape index (κ3) is 5.78. The van der Waals surface area contributed by atoms with Crippen LogP contribution in [0.3, 0.4) is 0 Å². The van der Waals surface area contributed by atoms with E-state index in [1.54, 1.807) is 11.3 Å². The molecule has 4 aliphatic rings. The smallest absolute Gasteiger partial charge is 0.233 e. The second-order valence-corrected chi connectivity index (χ2v) is 16.6. The van der Waals surface area contributed by atoms with E-state index in [4.69, 9.17) is 0 Å². The summed E-state index contributed by atoms with van der Waals surface area (Å²) in [7, 11) is 0. The van der Waals surface area contributed by atoms with Crippen LogP contribution in [0.1, 0.15) is 78.7 Å². The molecule has 1 N–H and O–H groups in total. The molecule has 2 bridgehead atoms. The number of hydrogen-bond acceptors (Lipinski definition) is 6. The molecule has 0 atom stereocenters. The van der Waals surface area contributed by atoms with Crippen LogP contribution in [0.4, 0.5) is 0 Å². The molecule has 2 aromatic heterocycles. The van der Waals surface area contributed by atoms with Gasteiger partial charge in [0.2, 0.25) is 11.8 Å². The number of carbonyl (C=O) groups excluding carboxylic acids is 3. The van der Waals surface area contributed by atoms with Crippen LogP contribution >= 0.6 is 23.1 Å². The Kier molecular flexibility index (Phi) is 8.40. The molecule has 45 heavy (non-hydrogen) atoms. The maximum atomic E-state index is 14.3. The fourth-order valence-corrected chi connectivity index (χ4v) is 10.3. The van der Waals surface area contributed by atoms with Gasteiger partial charge in [0.15, 0.2) is 5.78 Å². The molecule has 7 rings (SSSR count). The van der Waals surface area contributed by atoms with E-state index in [0.29, 0.717) is 24.5 Å². The monoisotopic (exact) mass is 646 g/mol. The van der Waals surface area contributed by atoms with Gasteiger partial charge in [-0.15, -0.1) is 11.3 Å². The Hall–Kier alpha value is -2.62. The van der Waals surface area contributed by atoms with Gasteiger partial charge in [-0.1, -0.05) is 17.2 Å². The third-order valence-corrected chi connectivity index (χ3v) is 13.1. The van der Waals surface area contributed by atoms with E-state index in [9.17, 15) is 14.4 Å². The van der Waals surface area contributed by atoms with E-state index >= 15 is 0 Å². The molecule has 0 radical (unpaired) electrons. The van der Waals surface area contributed by atoms with Crippen molar-refractivity contribution in [2.45, 2.75) is 83.7 Å². The zero-order valence-electron chi connectivity index (χ0n) is 27.1. The van der Waals surface area contributed by atoms with Gasteiger partial charge in [-0.2, -0.15) is 11.8 Å². The molecule has 0 aliphatic carbocycles. The van der Waals surface area contributed by atoms with Crippen LogP contribution in [-0.2, 0) is 15.0 Å². The van der Waals surface area contributed by atoms with E-state index in [-0.39, 0.29) is 17.6 Å². The maximum absolute atomic E-state index is 14.3. The molecule has 0 unspecified atom stereocenters. The van der Waals surface area contributed by atoms with Gasteiger partial charge in [0.1, 0.15) is 4.83 Å². The van der Waals surface area contributed by atoms with Gasteiger partial charge >= 0.3 is 0 Å². The molecule has 1 aromatic carbocycles. The van der Waals surface area contributed by atoms with Gasteiger partial charge in [-0.3, -0.25) is 19.3 Å². The first-order valence-electron chi connectivity index (χ1n) is 16.8. The number of Topliss-reactive ketones (excluding diaryl/α,β-unsaturated/α-hetero) is 1. The Balaban J connectivity index is 1.15. The zero-order valence-corrected chi connectivity index (χ0v) is 28.7. The number of thiophene rings is 1. The van der Waals surface area contributed by atoms with Crippen LogP contribution in [0, 0.1) is 19.8 Å². The van der Waals surface area contributed by atoms with E-state index in [1.807, 2.05) is 16.7 Å². The third-order valence-electron chi connectivity index (χ3n) is 10.7. The number of aryl methyl sites for hydroxylation is 2. The number of fused-ring (bicyclic) bond motifs is 3. The summed E-state index contributed by atoms with van der Waals surface area (Å²) in [4.78, 5) is 53.5. The topological polar surface area (TPSA) is 76.7 Å². The minimum Gasteiger partial charge on any atom is -0.346 e. The van der Waals surface area contributed by atoms with Crippen molar-refractivity contribution in [2.75, 3.05) is 44.2 Å². The number of carbonyl (C=O) groups is 3. The Bertz CT molecular complexity index is 1590. The molecule has 9 heteroatoms. The number of ketones is 1. The maximum Gasteiger partial charge on any atom is 0.233 e. The van der Waals surface area contributed by atoms with Crippen molar-refractivity contribution < 1.29 is 14.4 Å². The molecule has 2 amide bonds.